The summed E-state index contributed by atoms with van der Waals surface area (Å²) in [6.45, 7) is 2.81. The zero-order valence-corrected chi connectivity index (χ0v) is 12.2. The Morgan fingerprint density at radius 2 is 2.22 bits per heavy atom. The minimum Gasteiger partial charge on any atom is -0.396 e. The van der Waals surface area contributed by atoms with Crippen molar-refractivity contribution in [2.24, 2.45) is 5.92 Å². The highest BCUT2D eigenvalue weighted by molar-refractivity contribution is 7.91. The van der Waals surface area contributed by atoms with Gasteiger partial charge in [-0.05, 0) is 18.1 Å². The van der Waals surface area contributed by atoms with E-state index in [1.165, 1.54) is 11.3 Å². The first-order valence-electron chi connectivity index (χ1n) is 5.67. The molecule has 0 radical (unpaired) electrons. The number of aliphatic hydroxyl groups is 1. The molecule has 18 heavy (non-hydrogen) atoms. The molecule has 5 nitrogen and oxygen atoms in total. The molecule has 1 aromatic heterocycles. The molecule has 1 aromatic rings. The quantitative estimate of drug-likeness (QED) is 0.745. The average molecular weight is 293 g/mol. The van der Waals surface area contributed by atoms with Gasteiger partial charge in [-0.3, -0.25) is 0 Å². The maximum Gasteiger partial charge on any atom is 0.250 e. The van der Waals surface area contributed by atoms with Crippen molar-refractivity contribution in [3.05, 3.63) is 17.0 Å². The molecule has 0 bridgehead atoms. The fourth-order valence-corrected chi connectivity index (χ4v) is 3.97. The molecule has 1 rings (SSSR count). The third-order valence-electron chi connectivity index (χ3n) is 2.33. The standard InChI is InChI=1S/C11H19NO4S2/c1-9(8-16-2)7-12-18(14,15)11-4-3-10(17-11)5-6-13/h3-4,9,12-13H,5-8H2,1-2H3. The summed E-state index contributed by atoms with van der Waals surface area (Å²) in [6.07, 6.45) is 0.486. The van der Waals surface area contributed by atoms with Gasteiger partial charge in [0.15, 0.2) is 0 Å². The molecule has 1 atom stereocenters. The second kappa shape index (κ2) is 7.20. The summed E-state index contributed by atoms with van der Waals surface area (Å²) >= 11 is 1.19. The molecule has 0 amide bonds. The van der Waals surface area contributed by atoms with Crippen molar-refractivity contribution in [1.82, 2.24) is 4.72 Å². The number of nitrogens with one attached hydrogen (secondary N) is 1. The first-order chi connectivity index (χ1) is 8.49. The Balaban J connectivity index is 2.62. The van der Waals surface area contributed by atoms with Crippen LogP contribution < -0.4 is 4.72 Å². The van der Waals surface area contributed by atoms with E-state index in [0.29, 0.717) is 19.6 Å². The predicted molar refractivity (Wildman–Crippen MR) is 71.3 cm³/mol. The molecule has 0 saturated heterocycles. The fraction of sp³-hybridized carbons (Fsp3) is 0.636. The topological polar surface area (TPSA) is 75.6 Å². The van der Waals surface area contributed by atoms with Crippen LogP contribution in [-0.2, 0) is 21.2 Å². The van der Waals surface area contributed by atoms with Gasteiger partial charge in [0.25, 0.3) is 0 Å². The largest absolute Gasteiger partial charge is 0.396 e. The van der Waals surface area contributed by atoms with Crippen LogP contribution in [0.2, 0.25) is 0 Å². The van der Waals surface area contributed by atoms with Gasteiger partial charge in [0.2, 0.25) is 10.0 Å². The van der Waals surface area contributed by atoms with Crippen molar-refractivity contribution >= 4 is 21.4 Å². The van der Waals surface area contributed by atoms with Gasteiger partial charge >= 0.3 is 0 Å². The minimum atomic E-state index is -3.44. The van der Waals surface area contributed by atoms with Crippen LogP contribution in [0.3, 0.4) is 0 Å². The molecule has 1 unspecified atom stereocenters. The predicted octanol–water partition coefficient (Wildman–Crippen LogP) is 0.844. The molecular weight excluding hydrogens is 274 g/mol. The smallest absolute Gasteiger partial charge is 0.250 e. The molecule has 7 heteroatoms. The second-order valence-corrected chi connectivity index (χ2v) is 7.27. The molecule has 0 fully saturated rings. The van der Waals surface area contributed by atoms with Gasteiger partial charge in [0.05, 0.1) is 0 Å². The number of hydrogen-bond donors (Lipinski definition) is 2. The summed E-state index contributed by atoms with van der Waals surface area (Å²) in [7, 11) is -1.85. The molecule has 2 N–H and O–H groups in total. The monoisotopic (exact) mass is 293 g/mol. The Morgan fingerprint density at radius 1 is 1.50 bits per heavy atom. The molecule has 0 aromatic carbocycles. The number of methoxy groups -OCH3 is 1. The van der Waals surface area contributed by atoms with Gasteiger partial charge in [-0.2, -0.15) is 0 Å². The molecular formula is C11H19NO4S2. The Kier molecular flexibility index (Phi) is 6.24. The van der Waals surface area contributed by atoms with E-state index in [1.807, 2.05) is 6.92 Å². The summed E-state index contributed by atoms with van der Waals surface area (Å²) < 4.78 is 31.7. The van der Waals surface area contributed by atoms with Crippen molar-refractivity contribution in [1.29, 1.82) is 0 Å². The van der Waals surface area contributed by atoms with Crippen LogP contribution in [0.25, 0.3) is 0 Å². The van der Waals surface area contributed by atoms with Crippen LogP contribution in [0, 0.1) is 5.92 Å². The Hall–Kier alpha value is -0.470. The summed E-state index contributed by atoms with van der Waals surface area (Å²) in [6, 6.07) is 3.30. The molecule has 1 heterocycles. The van der Waals surface area contributed by atoms with E-state index in [0.717, 1.165) is 4.88 Å². The second-order valence-electron chi connectivity index (χ2n) is 4.11. The molecule has 0 aliphatic carbocycles. The zero-order chi connectivity index (χ0) is 13.6. The highest BCUT2D eigenvalue weighted by Gasteiger charge is 2.17. The van der Waals surface area contributed by atoms with Crippen molar-refractivity contribution in [2.45, 2.75) is 17.6 Å². The maximum absolute atomic E-state index is 12.0. The minimum absolute atomic E-state index is 0.0261. The number of ether oxygens (including phenoxy) is 1. The van der Waals surface area contributed by atoms with E-state index in [-0.39, 0.29) is 16.7 Å². The average Bonchev–Trinajstić information content (AvgIpc) is 2.77. The summed E-state index contributed by atoms with van der Waals surface area (Å²) in [5.41, 5.74) is 0. The first-order valence-corrected chi connectivity index (χ1v) is 7.97. The Morgan fingerprint density at radius 3 is 2.83 bits per heavy atom. The summed E-state index contributed by atoms with van der Waals surface area (Å²) in [4.78, 5) is 0.864. The van der Waals surface area contributed by atoms with Gasteiger partial charge in [-0.25, -0.2) is 13.1 Å². The van der Waals surface area contributed by atoms with Crippen molar-refractivity contribution in [2.75, 3.05) is 26.9 Å². The third-order valence-corrected chi connectivity index (χ3v) is 5.39. The fourth-order valence-electron chi connectivity index (χ4n) is 1.41. The maximum atomic E-state index is 12.0. The van der Waals surface area contributed by atoms with E-state index in [4.69, 9.17) is 9.84 Å². The summed E-state index contributed by atoms with van der Waals surface area (Å²) in [5.74, 6) is 0.127. The highest BCUT2D eigenvalue weighted by atomic mass is 32.2. The third kappa shape index (κ3) is 4.66. The SMILES string of the molecule is COCC(C)CNS(=O)(=O)c1ccc(CCO)s1. The first kappa shape index (κ1) is 15.6. The van der Waals surface area contributed by atoms with Gasteiger partial charge in [0, 0.05) is 38.2 Å². The number of thiophene rings is 1. The van der Waals surface area contributed by atoms with Gasteiger partial charge in [0.1, 0.15) is 4.21 Å². The number of aliphatic hydroxyl groups excluding tert-OH is 1. The Bertz CT molecular complexity index is 455. The number of sulfonamides is 1. The van der Waals surface area contributed by atoms with E-state index in [1.54, 1.807) is 19.2 Å². The molecule has 0 saturated carbocycles. The lowest BCUT2D eigenvalue weighted by molar-refractivity contribution is 0.161. The van der Waals surface area contributed by atoms with Crippen LogP contribution in [0.5, 0.6) is 0 Å². The van der Waals surface area contributed by atoms with Crippen molar-refractivity contribution in [3.63, 3.8) is 0 Å². The lowest BCUT2D eigenvalue weighted by Gasteiger charge is -2.10. The molecule has 0 spiro atoms. The lowest BCUT2D eigenvalue weighted by Crippen LogP contribution is -2.29. The van der Waals surface area contributed by atoms with E-state index in [2.05, 4.69) is 4.72 Å². The van der Waals surface area contributed by atoms with Crippen LogP contribution >= 0.6 is 11.3 Å². The molecule has 0 aliphatic heterocycles. The van der Waals surface area contributed by atoms with Gasteiger partial charge in [-0.1, -0.05) is 6.92 Å². The normalized spacial score (nSPS) is 13.7. The van der Waals surface area contributed by atoms with Crippen LogP contribution in [-0.4, -0.2) is 40.4 Å². The van der Waals surface area contributed by atoms with Crippen LogP contribution in [0.15, 0.2) is 16.3 Å². The van der Waals surface area contributed by atoms with Crippen molar-refractivity contribution < 1.29 is 18.3 Å². The van der Waals surface area contributed by atoms with E-state index in [9.17, 15) is 8.42 Å². The van der Waals surface area contributed by atoms with Crippen LogP contribution in [0.1, 0.15) is 11.8 Å². The summed E-state index contributed by atoms with van der Waals surface area (Å²) in [5, 5.41) is 8.79. The van der Waals surface area contributed by atoms with E-state index >= 15 is 0 Å². The van der Waals surface area contributed by atoms with E-state index < -0.39 is 10.0 Å². The van der Waals surface area contributed by atoms with Crippen molar-refractivity contribution in [3.8, 4) is 0 Å². The lowest BCUT2D eigenvalue weighted by atomic mass is 10.2. The highest BCUT2D eigenvalue weighted by Crippen LogP contribution is 2.21. The van der Waals surface area contributed by atoms with Crippen LogP contribution in [0.4, 0.5) is 0 Å². The Labute approximate surface area is 112 Å². The zero-order valence-electron chi connectivity index (χ0n) is 10.5. The van der Waals surface area contributed by atoms with Gasteiger partial charge < -0.3 is 9.84 Å². The van der Waals surface area contributed by atoms with Gasteiger partial charge in [-0.15, -0.1) is 11.3 Å². The number of hydrogen-bond acceptors (Lipinski definition) is 5. The molecule has 104 valence electrons. The molecule has 0 aliphatic rings. The number of rotatable bonds is 8.